The van der Waals surface area contributed by atoms with Crippen LogP contribution < -0.4 is 15.4 Å². The molecular weight excluding hydrogens is 336 g/mol. The SMILES string of the molecule is CCOc1ccc(C(=O)Nc2ccc(C(=O)NCC(=O)OC)cc2)cc1. The maximum Gasteiger partial charge on any atom is 0.325 e. The third-order valence-electron chi connectivity index (χ3n) is 3.45. The molecule has 0 aromatic heterocycles. The van der Waals surface area contributed by atoms with Gasteiger partial charge >= 0.3 is 5.97 Å². The van der Waals surface area contributed by atoms with Gasteiger partial charge in [-0.2, -0.15) is 0 Å². The van der Waals surface area contributed by atoms with Crippen LogP contribution in [0.3, 0.4) is 0 Å². The first-order valence-corrected chi connectivity index (χ1v) is 8.02. The van der Waals surface area contributed by atoms with Crippen molar-refractivity contribution in [1.29, 1.82) is 0 Å². The van der Waals surface area contributed by atoms with Gasteiger partial charge in [0.2, 0.25) is 0 Å². The molecule has 0 saturated heterocycles. The van der Waals surface area contributed by atoms with Gasteiger partial charge in [-0.15, -0.1) is 0 Å². The summed E-state index contributed by atoms with van der Waals surface area (Å²) < 4.78 is 9.79. The van der Waals surface area contributed by atoms with E-state index in [0.29, 0.717) is 29.2 Å². The third kappa shape index (κ3) is 5.34. The Kier molecular flexibility index (Phi) is 6.73. The van der Waals surface area contributed by atoms with Crippen molar-refractivity contribution in [1.82, 2.24) is 5.32 Å². The monoisotopic (exact) mass is 356 g/mol. The fourth-order valence-electron chi connectivity index (χ4n) is 2.10. The molecular formula is C19H20N2O5. The molecule has 26 heavy (non-hydrogen) atoms. The molecule has 0 radical (unpaired) electrons. The number of nitrogens with one attached hydrogen (secondary N) is 2. The van der Waals surface area contributed by atoms with Crippen molar-refractivity contribution in [3.8, 4) is 5.75 Å². The van der Waals surface area contributed by atoms with E-state index in [1.54, 1.807) is 48.5 Å². The van der Waals surface area contributed by atoms with E-state index in [0.717, 1.165) is 0 Å². The number of hydrogen-bond acceptors (Lipinski definition) is 5. The Morgan fingerprint density at radius 2 is 1.46 bits per heavy atom. The van der Waals surface area contributed by atoms with Crippen LogP contribution in [0.15, 0.2) is 48.5 Å². The van der Waals surface area contributed by atoms with Gasteiger partial charge in [0, 0.05) is 16.8 Å². The number of methoxy groups -OCH3 is 1. The molecule has 0 unspecified atom stereocenters. The van der Waals surface area contributed by atoms with E-state index < -0.39 is 11.9 Å². The molecule has 136 valence electrons. The minimum absolute atomic E-state index is 0.203. The summed E-state index contributed by atoms with van der Waals surface area (Å²) in [6.45, 7) is 2.25. The molecule has 2 N–H and O–H groups in total. The zero-order valence-electron chi connectivity index (χ0n) is 14.6. The lowest BCUT2D eigenvalue weighted by Crippen LogP contribution is -2.30. The smallest absolute Gasteiger partial charge is 0.325 e. The van der Waals surface area contributed by atoms with E-state index in [2.05, 4.69) is 15.4 Å². The Hall–Kier alpha value is -3.35. The summed E-state index contributed by atoms with van der Waals surface area (Å²) in [5.74, 6) is -0.500. The highest BCUT2D eigenvalue weighted by molar-refractivity contribution is 6.04. The summed E-state index contributed by atoms with van der Waals surface area (Å²) in [5.41, 5.74) is 1.41. The van der Waals surface area contributed by atoms with Crippen molar-refractivity contribution in [3.63, 3.8) is 0 Å². The summed E-state index contributed by atoms with van der Waals surface area (Å²) >= 11 is 0. The molecule has 7 nitrogen and oxygen atoms in total. The molecule has 0 atom stereocenters. The van der Waals surface area contributed by atoms with Crippen LogP contribution >= 0.6 is 0 Å². The van der Waals surface area contributed by atoms with E-state index in [9.17, 15) is 14.4 Å². The average Bonchev–Trinajstić information content (AvgIpc) is 2.67. The Balaban J connectivity index is 1.94. The quantitative estimate of drug-likeness (QED) is 0.742. The molecule has 0 heterocycles. The summed E-state index contributed by atoms with van der Waals surface area (Å²) in [6.07, 6.45) is 0. The molecule has 2 amide bonds. The summed E-state index contributed by atoms with van der Waals surface area (Å²) in [5, 5.41) is 5.19. The average molecular weight is 356 g/mol. The van der Waals surface area contributed by atoms with Crippen LogP contribution in [-0.2, 0) is 9.53 Å². The second-order valence-electron chi connectivity index (χ2n) is 5.25. The lowest BCUT2D eigenvalue weighted by molar-refractivity contribution is -0.139. The second kappa shape index (κ2) is 9.22. The first-order chi connectivity index (χ1) is 12.5. The number of hydrogen-bond donors (Lipinski definition) is 2. The van der Waals surface area contributed by atoms with Crippen LogP contribution in [0, 0.1) is 0 Å². The second-order valence-corrected chi connectivity index (χ2v) is 5.25. The molecule has 7 heteroatoms. The van der Waals surface area contributed by atoms with Gasteiger partial charge in [-0.3, -0.25) is 14.4 Å². The minimum Gasteiger partial charge on any atom is -0.494 e. The van der Waals surface area contributed by atoms with Crippen molar-refractivity contribution in [2.24, 2.45) is 0 Å². The van der Waals surface area contributed by atoms with Gasteiger partial charge in [0.05, 0.1) is 13.7 Å². The Labute approximate surface area is 151 Å². The van der Waals surface area contributed by atoms with Gasteiger partial charge in [0.25, 0.3) is 11.8 Å². The number of ether oxygens (including phenoxy) is 2. The lowest BCUT2D eigenvalue weighted by atomic mass is 10.1. The highest BCUT2D eigenvalue weighted by Crippen LogP contribution is 2.15. The summed E-state index contributed by atoms with van der Waals surface area (Å²) in [4.78, 5) is 35.1. The Morgan fingerprint density at radius 3 is 2.04 bits per heavy atom. The predicted octanol–water partition coefficient (Wildman–Crippen LogP) is 2.24. The fourth-order valence-corrected chi connectivity index (χ4v) is 2.10. The number of carbonyl (C=O) groups is 3. The van der Waals surface area contributed by atoms with E-state index in [-0.39, 0.29) is 12.5 Å². The van der Waals surface area contributed by atoms with E-state index in [1.165, 1.54) is 7.11 Å². The maximum atomic E-state index is 12.2. The van der Waals surface area contributed by atoms with Crippen LogP contribution in [0.5, 0.6) is 5.75 Å². The van der Waals surface area contributed by atoms with Gasteiger partial charge in [0.15, 0.2) is 0 Å². The third-order valence-corrected chi connectivity index (χ3v) is 3.45. The highest BCUT2D eigenvalue weighted by Gasteiger charge is 2.10. The van der Waals surface area contributed by atoms with Gasteiger partial charge in [-0.25, -0.2) is 0 Å². The van der Waals surface area contributed by atoms with E-state index in [4.69, 9.17) is 4.74 Å². The van der Waals surface area contributed by atoms with Crippen LogP contribution in [0.1, 0.15) is 27.6 Å². The molecule has 0 bridgehead atoms. The molecule has 0 fully saturated rings. The van der Waals surface area contributed by atoms with Gasteiger partial charge < -0.3 is 20.1 Å². The zero-order valence-corrected chi connectivity index (χ0v) is 14.6. The molecule has 2 rings (SSSR count). The molecule has 0 aliphatic rings. The van der Waals surface area contributed by atoms with Crippen molar-refractivity contribution < 1.29 is 23.9 Å². The molecule has 2 aromatic carbocycles. The first kappa shape index (κ1) is 19.0. The molecule has 0 aliphatic heterocycles. The van der Waals surface area contributed by atoms with Crippen molar-refractivity contribution in [2.45, 2.75) is 6.92 Å². The number of anilines is 1. The van der Waals surface area contributed by atoms with Gasteiger partial charge in [-0.05, 0) is 55.5 Å². The van der Waals surface area contributed by atoms with Crippen LogP contribution in [0.4, 0.5) is 5.69 Å². The van der Waals surface area contributed by atoms with Crippen LogP contribution in [-0.4, -0.2) is 38.0 Å². The minimum atomic E-state index is -0.530. The van der Waals surface area contributed by atoms with Crippen LogP contribution in [0.25, 0.3) is 0 Å². The van der Waals surface area contributed by atoms with Crippen LogP contribution in [0.2, 0.25) is 0 Å². The molecule has 0 spiro atoms. The summed E-state index contributed by atoms with van der Waals surface area (Å²) in [6, 6.07) is 13.1. The largest absolute Gasteiger partial charge is 0.494 e. The van der Waals surface area contributed by atoms with Crippen molar-refractivity contribution >= 4 is 23.5 Å². The topological polar surface area (TPSA) is 93.7 Å². The number of benzene rings is 2. The van der Waals surface area contributed by atoms with Gasteiger partial charge in [-0.1, -0.05) is 0 Å². The molecule has 0 saturated carbocycles. The van der Waals surface area contributed by atoms with Crippen molar-refractivity contribution in [2.75, 3.05) is 25.6 Å². The zero-order chi connectivity index (χ0) is 18.9. The number of esters is 1. The standard InChI is InChI=1S/C19H20N2O5/c1-3-26-16-10-6-14(7-11-16)19(24)21-15-8-4-13(5-9-15)18(23)20-12-17(22)25-2/h4-11H,3,12H2,1-2H3,(H,20,23)(H,21,24). The van der Waals surface area contributed by atoms with Gasteiger partial charge in [0.1, 0.15) is 12.3 Å². The van der Waals surface area contributed by atoms with Crippen molar-refractivity contribution in [3.05, 3.63) is 59.7 Å². The van der Waals surface area contributed by atoms with E-state index in [1.807, 2.05) is 6.92 Å². The molecule has 2 aromatic rings. The number of rotatable bonds is 7. The Morgan fingerprint density at radius 1 is 0.885 bits per heavy atom. The highest BCUT2D eigenvalue weighted by atomic mass is 16.5. The lowest BCUT2D eigenvalue weighted by Gasteiger charge is -2.08. The predicted molar refractivity (Wildman–Crippen MR) is 96.4 cm³/mol. The maximum absolute atomic E-state index is 12.2. The molecule has 0 aliphatic carbocycles. The summed E-state index contributed by atoms with van der Waals surface area (Å²) in [7, 11) is 1.25. The number of carbonyl (C=O) groups excluding carboxylic acids is 3. The number of amides is 2. The normalized spacial score (nSPS) is 9.92. The Bertz CT molecular complexity index is 770. The fraction of sp³-hybridized carbons (Fsp3) is 0.211. The van der Waals surface area contributed by atoms with E-state index >= 15 is 0 Å². The first-order valence-electron chi connectivity index (χ1n) is 8.02.